The minimum Gasteiger partial charge on any atom is -0.467 e. The third-order valence-corrected chi connectivity index (χ3v) is 4.91. The molecule has 8 heteroatoms. The molecule has 0 aromatic heterocycles. The molecule has 1 heterocycles. The zero-order valence-electron chi connectivity index (χ0n) is 16.2. The maximum absolute atomic E-state index is 12.8. The second kappa shape index (κ2) is 10.8. The number of carbonyl (C=O) groups is 1. The van der Waals surface area contributed by atoms with Gasteiger partial charge in [-0.2, -0.15) is 0 Å². The highest BCUT2D eigenvalue weighted by Crippen LogP contribution is 2.47. The SMILES string of the molecule is CCCCC[C@@H]1OC(=O)c2c(OCOC)c(Br)cc(OCOC)c2[C@@H]1OC. The molecule has 0 saturated heterocycles. The van der Waals surface area contributed by atoms with E-state index in [9.17, 15) is 4.79 Å². The molecule has 1 aromatic carbocycles. The third kappa shape index (κ3) is 5.13. The van der Waals surface area contributed by atoms with Crippen molar-refractivity contribution in [2.75, 3.05) is 34.9 Å². The average molecular weight is 447 g/mol. The average Bonchev–Trinajstić information content (AvgIpc) is 2.66. The molecule has 152 valence electrons. The number of cyclic esters (lactones) is 1. The van der Waals surface area contributed by atoms with Crippen molar-refractivity contribution in [2.24, 2.45) is 0 Å². The Morgan fingerprint density at radius 3 is 2.44 bits per heavy atom. The highest BCUT2D eigenvalue weighted by Gasteiger charge is 2.41. The number of fused-ring (bicyclic) bond motifs is 1. The lowest BCUT2D eigenvalue weighted by molar-refractivity contribution is -0.0535. The van der Waals surface area contributed by atoms with Gasteiger partial charge in [0.2, 0.25) is 0 Å². The summed E-state index contributed by atoms with van der Waals surface area (Å²) in [6, 6.07) is 1.75. The summed E-state index contributed by atoms with van der Waals surface area (Å²) in [4.78, 5) is 12.8. The highest BCUT2D eigenvalue weighted by atomic mass is 79.9. The molecule has 1 aliphatic heterocycles. The number of rotatable bonds is 11. The number of benzene rings is 1. The van der Waals surface area contributed by atoms with Crippen LogP contribution in [-0.2, 0) is 18.9 Å². The highest BCUT2D eigenvalue weighted by molar-refractivity contribution is 9.10. The first kappa shape index (κ1) is 21.9. The Bertz CT molecular complexity index is 635. The van der Waals surface area contributed by atoms with Gasteiger partial charge in [0.05, 0.1) is 4.47 Å². The number of esters is 1. The smallest absolute Gasteiger partial charge is 0.342 e. The Morgan fingerprint density at radius 2 is 1.81 bits per heavy atom. The van der Waals surface area contributed by atoms with Gasteiger partial charge in [-0.15, -0.1) is 0 Å². The Morgan fingerprint density at radius 1 is 1.11 bits per heavy atom. The Labute approximate surface area is 168 Å². The van der Waals surface area contributed by atoms with Crippen molar-refractivity contribution < 1.29 is 33.2 Å². The van der Waals surface area contributed by atoms with E-state index in [2.05, 4.69) is 22.9 Å². The molecule has 0 aliphatic carbocycles. The largest absolute Gasteiger partial charge is 0.467 e. The Kier molecular flexibility index (Phi) is 8.82. The summed E-state index contributed by atoms with van der Waals surface area (Å²) in [5, 5.41) is 0. The summed E-state index contributed by atoms with van der Waals surface area (Å²) >= 11 is 3.43. The molecule has 0 amide bonds. The molecule has 0 bridgehead atoms. The molecule has 0 unspecified atom stereocenters. The van der Waals surface area contributed by atoms with E-state index in [1.165, 1.54) is 14.2 Å². The van der Waals surface area contributed by atoms with Gasteiger partial charge in [-0.1, -0.05) is 19.8 Å². The molecular formula is C19H27BrO7. The number of carbonyl (C=O) groups excluding carboxylic acids is 1. The van der Waals surface area contributed by atoms with Crippen LogP contribution in [0.2, 0.25) is 0 Å². The van der Waals surface area contributed by atoms with Crippen LogP contribution in [0, 0.1) is 0 Å². The third-order valence-electron chi connectivity index (χ3n) is 4.32. The van der Waals surface area contributed by atoms with Gasteiger partial charge in [0.1, 0.15) is 23.5 Å². The molecule has 2 atom stereocenters. The maximum atomic E-state index is 12.8. The number of ether oxygens (including phenoxy) is 6. The van der Waals surface area contributed by atoms with E-state index in [0.29, 0.717) is 28.0 Å². The maximum Gasteiger partial charge on any atom is 0.342 e. The van der Waals surface area contributed by atoms with Crippen molar-refractivity contribution in [3.63, 3.8) is 0 Å². The molecule has 7 nitrogen and oxygen atoms in total. The number of methoxy groups -OCH3 is 3. The molecule has 0 saturated carbocycles. The number of hydrogen-bond donors (Lipinski definition) is 0. The van der Waals surface area contributed by atoms with E-state index in [0.717, 1.165) is 19.3 Å². The van der Waals surface area contributed by atoms with Crippen molar-refractivity contribution in [3.05, 3.63) is 21.7 Å². The van der Waals surface area contributed by atoms with Gasteiger partial charge in [0, 0.05) is 26.9 Å². The minimum atomic E-state index is -0.463. The lowest BCUT2D eigenvalue weighted by Crippen LogP contribution is -2.34. The van der Waals surface area contributed by atoms with Crippen molar-refractivity contribution in [1.82, 2.24) is 0 Å². The fraction of sp³-hybridized carbons (Fsp3) is 0.632. The molecular weight excluding hydrogens is 420 g/mol. The molecule has 2 rings (SSSR count). The van der Waals surface area contributed by atoms with Crippen LogP contribution >= 0.6 is 15.9 Å². The number of unbranched alkanes of at least 4 members (excludes halogenated alkanes) is 2. The predicted octanol–water partition coefficient (Wildman–Crippen LogP) is 4.22. The Hall–Kier alpha value is -1.35. The van der Waals surface area contributed by atoms with Gasteiger partial charge >= 0.3 is 5.97 Å². The van der Waals surface area contributed by atoms with E-state index >= 15 is 0 Å². The normalized spacial score (nSPS) is 18.8. The first-order valence-corrected chi connectivity index (χ1v) is 9.71. The lowest BCUT2D eigenvalue weighted by atomic mass is 9.91. The fourth-order valence-electron chi connectivity index (χ4n) is 3.13. The molecule has 0 radical (unpaired) electrons. The summed E-state index contributed by atoms with van der Waals surface area (Å²) in [6.07, 6.45) is 2.96. The van der Waals surface area contributed by atoms with Crippen LogP contribution in [-0.4, -0.2) is 47.0 Å². The van der Waals surface area contributed by atoms with Crippen molar-refractivity contribution in [2.45, 2.75) is 44.8 Å². The summed E-state index contributed by atoms with van der Waals surface area (Å²) in [5.74, 6) is 0.373. The van der Waals surface area contributed by atoms with Gasteiger partial charge in [-0.05, 0) is 34.8 Å². The topological polar surface area (TPSA) is 72.5 Å². The summed E-state index contributed by atoms with van der Waals surface area (Å²) in [5.41, 5.74) is 0.896. The van der Waals surface area contributed by atoms with Gasteiger partial charge < -0.3 is 28.4 Å². The van der Waals surface area contributed by atoms with Crippen molar-refractivity contribution in [1.29, 1.82) is 0 Å². The number of halogens is 1. The van der Waals surface area contributed by atoms with Crippen LogP contribution in [0.5, 0.6) is 11.5 Å². The fourth-order valence-corrected chi connectivity index (χ4v) is 3.65. The summed E-state index contributed by atoms with van der Waals surface area (Å²) < 4.78 is 33.4. The molecule has 1 aliphatic rings. The zero-order chi connectivity index (χ0) is 19.8. The van der Waals surface area contributed by atoms with Gasteiger partial charge in [-0.25, -0.2) is 4.79 Å². The second-order valence-corrected chi connectivity index (χ2v) is 7.03. The standard InChI is InChI=1S/C19H27BrO7/c1-5-6-7-8-13-18(24-4)15-14(25-10-22-2)9-12(20)17(26-11-23-3)16(15)19(21)27-13/h9,13,18H,5-8,10-11H2,1-4H3/t13-,18+/m0/s1. The molecule has 0 N–H and O–H groups in total. The quantitative estimate of drug-likeness (QED) is 0.286. The number of hydrogen-bond acceptors (Lipinski definition) is 7. The van der Waals surface area contributed by atoms with Crippen LogP contribution in [0.3, 0.4) is 0 Å². The summed E-state index contributed by atoms with van der Waals surface area (Å²) in [6.45, 7) is 2.17. The van der Waals surface area contributed by atoms with E-state index in [4.69, 9.17) is 28.4 Å². The molecule has 0 spiro atoms. The Balaban J connectivity index is 2.51. The van der Waals surface area contributed by atoms with Crippen LogP contribution in [0.4, 0.5) is 0 Å². The minimum absolute atomic E-state index is 0.00578. The zero-order valence-corrected chi connectivity index (χ0v) is 17.8. The van der Waals surface area contributed by atoms with Crippen molar-refractivity contribution >= 4 is 21.9 Å². The van der Waals surface area contributed by atoms with Crippen LogP contribution in [0.25, 0.3) is 0 Å². The van der Waals surface area contributed by atoms with Gasteiger partial charge in [0.15, 0.2) is 19.3 Å². The predicted molar refractivity (Wildman–Crippen MR) is 102 cm³/mol. The lowest BCUT2D eigenvalue weighted by Gasteiger charge is -2.34. The second-order valence-electron chi connectivity index (χ2n) is 6.17. The monoisotopic (exact) mass is 446 g/mol. The molecule has 27 heavy (non-hydrogen) atoms. The van der Waals surface area contributed by atoms with Crippen LogP contribution in [0.15, 0.2) is 10.5 Å². The molecule has 0 fully saturated rings. The van der Waals surface area contributed by atoms with Crippen molar-refractivity contribution in [3.8, 4) is 11.5 Å². The summed E-state index contributed by atoms with van der Waals surface area (Å²) in [7, 11) is 4.64. The van der Waals surface area contributed by atoms with Gasteiger partial charge in [0.25, 0.3) is 0 Å². The van der Waals surface area contributed by atoms with E-state index in [-0.39, 0.29) is 25.3 Å². The van der Waals surface area contributed by atoms with E-state index in [1.54, 1.807) is 13.2 Å². The van der Waals surface area contributed by atoms with E-state index < -0.39 is 12.1 Å². The molecule has 1 aromatic rings. The first-order chi connectivity index (χ1) is 13.1. The van der Waals surface area contributed by atoms with Crippen LogP contribution < -0.4 is 9.47 Å². The van der Waals surface area contributed by atoms with Gasteiger partial charge in [-0.3, -0.25) is 0 Å². The first-order valence-electron chi connectivity index (χ1n) is 8.92. The van der Waals surface area contributed by atoms with Crippen LogP contribution in [0.1, 0.15) is 54.6 Å². The van der Waals surface area contributed by atoms with E-state index in [1.807, 2.05) is 0 Å².